The molecule has 1 aromatic heterocycles. The van der Waals surface area contributed by atoms with Gasteiger partial charge in [0.25, 0.3) is 11.8 Å². The van der Waals surface area contributed by atoms with Gasteiger partial charge in [-0.05, 0) is 41.9 Å². The zero-order valence-electron chi connectivity index (χ0n) is 19.4. The van der Waals surface area contributed by atoms with E-state index >= 15 is 0 Å². The van der Waals surface area contributed by atoms with Crippen LogP contribution in [0.4, 0.5) is 0 Å². The van der Waals surface area contributed by atoms with E-state index in [-0.39, 0.29) is 29.7 Å². The maximum absolute atomic E-state index is 12.5. The number of hydrogen-bond acceptors (Lipinski definition) is 4. The molecule has 2 N–H and O–H groups in total. The first-order valence-corrected chi connectivity index (χ1v) is 11.1. The number of carbonyl (C=O) groups is 3. The van der Waals surface area contributed by atoms with Crippen molar-refractivity contribution in [3.8, 4) is 0 Å². The molecule has 1 fully saturated rings. The Bertz CT molecular complexity index is 951. The number of nitrogens with one attached hydrogen (secondary N) is 2. The van der Waals surface area contributed by atoms with Crippen LogP contribution in [0.15, 0.2) is 36.7 Å². The van der Waals surface area contributed by atoms with Gasteiger partial charge in [0.15, 0.2) is 0 Å². The number of hydrogen-bond donors (Lipinski definition) is 2. The summed E-state index contributed by atoms with van der Waals surface area (Å²) in [6, 6.07) is 7.50. The third-order valence-electron chi connectivity index (χ3n) is 5.90. The molecule has 2 aromatic rings. The Hall–Kier alpha value is -3.16. The van der Waals surface area contributed by atoms with Gasteiger partial charge < -0.3 is 15.5 Å². The van der Waals surface area contributed by atoms with Crippen LogP contribution in [0.1, 0.15) is 59.9 Å². The van der Waals surface area contributed by atoms with Crippen molar-refractivity contribution in [1.82, 2.24) is 25.3 Å². The van der Waals surface area contributed by atoms with Gasteiger partial charge >= 0.3 is 0 Å². The molecule has 1 saturated heterocycles. The minimum Gasteiger partial charge on any atom is -0.352 e. The van der Waals surface area contributed by atoms with E-state index in [1.54, 1.807) is 41.2 Å². The van der Waals surface area contributed by atoms with Crippen LogP contribution >= 0.6 is 0 Å². The van der Waals surface area contributed by atoms with Gasteiger partial charge in [-0.25, -0.2) is 0 Å². The van der Waals surface area contributed by atoms with E-state index in [1.165, 1.54) is 0 Å². The van der Waals surface area contributed by atoms with Crippen molar-refractivity contribution in [2.24, 2.45) is 13.0 Å². The Kier molecular flexibility index (Phi) is 7.33. The SMILES string of the molecule is Cn1cc(C(=O)NCC2CCN(C(=O)CNC(=O)c3ccc(C(C)(C)C)cc3)CC2)cn1. The smallest absolute Gasteiger partial charge is 0.254 e. The fraction of sp³-hybridized carbons (Fsp3) is 0.500. The number of carbonyl (C=O) groups excluding carboxylic acids is 3. The molecule has 3 amide bonds. The van der Waals surface area contributed by atoms with Crippen LogP contribution in [0.25, 0.3) is 0 Å². The number of amides is 3. The van der Waals surface area contributed by atoms with Gasteiger partial charge in [0.2, 0.25) is 5.91 Å². The molecule has 0 unspecified atom stereocenters. The van der Waals surface area contributed by atoms with Gasteiger partial charge in [-0.2, -0.15) is 5.10 Å². The minimum atomic E-state index is -0.244. The summed E-state index contributed by atoms with van der Waals surface area (Å²) in [7, 11) is 1.77. The average molecular weight is 440 g/mol. The Labute approximate surface area is 189 Å². The Morgan fingerprint density at radius 2 is 1.62 bits per heavy atom. The van der Waals surface area contributed by atoms with Crippen molar-refractivity contribution in [1.29, 1.82) is 0 Å². The van der Waals surface area contributed by atoms with Gasteiger partial charge in [-0.1, -0.05) is 32.9 Å². The number of piperidine rings is 1. The van der Waals surface area contributed by atoms with Crippen LogP contribution in [-0.4, -0.2) is 58.6 Å². The summed E-state index contributed by atoms with van der Waals surface area (Å²) >= 11 is 0. The summed E-state index contributed by atoms with van der Waals surface area (Å²) in [5.41, 5.74) is 2.28. The van der Waals surface area contributed by atoms with E-state index in [2.05, 4.69) is 36.5 Å². The largest absolute Gasteiger partial charge is 0.352 e. The number of likely N-dealkylation sites (tertiary alicyclic amines) is 1. The highest BCUT2D eigenvalue weighted by Gasteiger charge is 2.24. The van der Waals surface area contributed by atoms with Crippen LogP contribution in [-0.2, 0) is 17.3 Å². The van der Waals surface area contributed by atoms with Crippen molar-refractivity contribution < 1.29 is 14.4 Å². The van der Waals surface area contributed by atoms with Crippen molar-refractivity contribution >= 4 is 17.7 Å². The summed E-state index contributed by atoms with van der Waals surface area (Å²) in [6.45, 7) is 8.19. The fourth-order valence-corrected chi connectivity index (χ4v) is 3.76. The lowest BCUT2D eigenvalue weighted by Gasteiger charge is -2.32. The molecule has 1 aromatic carbocycles. The van der Waals surface area contributed by atoms with Crippen LogP contribution < -0.4 is 10.6 Å². The van der Waals surface area contributed by atoms with Crippen LogP contribution in [0.3, 0.4) is 0 Å². The number of rotatable bonds is 6. The number of nitrogens with zero attached hydrogens (tertiary/aromatic N) is 3. The molecule has 0 spiro atoms. The third kappa shape index (κ3) is 6.18. The first-order valence-electron chi connectivity index (χ1n) is 11.1. The molecule has 2 heterocycles. The van der Waals surface area contributed by atoms with E-state index in [9.17, 15) is 14.4 Å². The molecule has 0 radical (unpaired) electrons. The predicted molar refractivity (Wildman–Crippen MR) is 122 cm³/mol. The van der Waals surface area contributed by atoms with Crippen LogP contribution in [0.5, 0.6) is 0 Å². The Morgan fingerprint density at radius 3 is 2.19 bits per heavy atom. The van der Waals surface area contributed by atoms with Crippen LogP contribution in [0, 0.1) is 5.92 Å². The molecular formula is C24H33N5O3. The summed E-state index contributed by atoms with van der Waals surface area (Å²) in [6.07, 6.45) is 4.87. The molecule has 32 heavy (non-hydrogen) atoms. The summed E-state index contributed by atoms with van der Waals surface area (Å²) in [4.78, 5) is 38.8. The predicted octanol–water partition coefficient (Wildman–Crippen LogP) is 2.12. The topological polar surface area (TPSA) is 96.3 Å². The van der Waals surface area contributed by atoms with E-state index in [0.29, 0.717) is 36.7 Å². The van der Waals surface area contributed by atoms with Crippen LogP contribution in [0.2, 0.25) is 0 Å². The van der Waals surface area contributed by atoms with Gasteiger partial charge in [-0.3, -0.25) is 19.1 Å². The molecule has 0 bridgehead atoms. The van der Waals surface area contributed by atoms with Gasteiger partial charge in [-0.15, -0.1) is 0 Å². The van der Waals surface area contributed by atoms with E-state index in [1.807, 2.05) is 12.1 Å². The summed E-state index contributed by atoms with van der Waals surface area (Å²) < 4.78 is 1.60. The summed E-state index contributed by atoms with van der Waals surface area (Å²) in [5.74, 6) is -0.125. The number of aromatic nitrogens is 2. The lowest BCUT2D eigenvalue weighted by molar-refractivity contribution is -0.131. The molecular weight excluding hydrogens is 406 g/mol. The molecule has 0 atom stereocenters. The second-order valence-electron chi connectivity index (χ2n) is 9.45. The Balaban J connectivity index is 1.38. The molecule has 8 heteroatoms. The zero-order valence-corrected chi connectivity index (χ0v) is 19.4. The maximum atomic E-state index is 12.5. The lowest BCUT2D eigenvalue weighted by atomic mass is 9.87. The lowest BCUT2D eigenvalue weighted by Crippen LogP contribution is -2.45. The highest BCUT2D eigenvalue weighted by Crippen LogP contribution is 2.22. The number of aryl methyl sites for hydroxylation is 1. The molecule has 0 aliphatic carbocycles. The second kappa shape index (κ2) is 9.97. The van der Waals surface area contributed by atoms with Crippen molar-refractivity contribution in [2.45, 2.75) is 39.0 Å². The molecule has 1 aliphatic heterocycles. The Morgan fingerprint density at radius 1 is 1.00 bits per heavy atom. The average Bonchev–Trinajstić information content (AvgIpc) is 3.22. The fourth-order valence-electron chi connectivity index (χ4n) is 3.76. The zero-order chi connectivity index (χ0) is 23.3. The normalized spacial score (nSPS) is 14.8. The van der Waals surface area contributed by atoms with E-state index in [4.69, 9.17) is 0 Å². The van der Waals surface area contributed by atoms with E-state index < -0.39 is 0 Å². The quantitative estimate of drug-likeness (QED) is 0.721. The molecule has 172 valence electrons. The third-order valence-corrected chi connectivity index (χ3v) is 5.90. The molecule has 0 saturated carbocycles. The molecule has 1 aliphatic rings. The minimum absolute atomic E-state index is 0.0116. The first kappa shape index (κ1) is 23.5. The highest BCUT2D eigenvalue weighted by atomic mass is 16.2. The summed E-state index contributed by atoms with van der Waals surface area (Å²) in [5, 5.41) is 9.68. The van der Waals surface area contributed by atoms with Gasteiger partial charge in [0.1, 0.15) is 0 Å². The van der Waals surface area contributed by atoms with Gasteiger partial charge in [0, 0.05) is 38.4 Å². The monoisotopic (exact) mass is 439 g/mol. The van der Waals surface area contributed by atoms with E-state index in [0.717, 1.165) is 18.4 Å². The van der Waals surface area contributed by atoms with Gasteiger partial charge in [0.05, 0.1) is 18.3 Å². The van der Waals surface area contributed by atoms with Crippen molar-refractivity contribution in [3.63, 3.8) is 0 Å². The van der Waals surface area contributed by atoms with Crippen molar-refractivity contribution in [2.75, 3.05) is 26.2 Å². The maximum Gasteiger partial charge on any atom is 0.254 e. The molecule has 3 rings (SSSR count). The van der Waals surface area contributed by atoms with Crippen molar-refractivity contribution in [3.05, 3.63) is 53.3 Å². The highest BCUT2D eigenvalue weighted by molar-refractivity contribution is 5.96. The molecule has 8 nitrogen and oxygen atoms in total. The standard InChI is InChI=1S/C24H33N5O3/c1-24(2,3)20-7-5-18(6-8-20)22(31)26-15-21(30)29-11-9-17(10-12-29)13-25-23(32)19-14-27-28(4)16-19/h5-8,14,16-17H,9-13,15H2,1-4H3,(H,25,32)(H,26,31). The first-order chi connectivity index (χ1) is 15.1. The second-order valence-corrected chi connectivity index (χ2v) is 9.45. The number of benzene rings is 1.